The van der Waals surface area contributed by atoms with Gasteiger partial charge in [-0.25, -0.2) is 4.39 Å². The molecule has 1 aliphatic rings. The first-order valence-electron chi connectivity index (χ1n) is 9.16. The molecule has 0 aromatic heterocycles. The lowest BCUT2D eigenvalue weighted by Crippen LogP contribution is -2.44. The zero-order chi connectivity index (χ0) is 19.1. The van der Waals surface area contributed by atoms with Crippen molar-refractivity contribution < 1.29 is 18.7 Å². The second kappa shape index (κ2) is 9.48. The molecule has 0 radical (unpaired) electrons. The van der Waals surface area contributed by atoms with Gasteiger partial charge < -0.3 is 14.8 Å². The fraction of sp³-hybridized carbons (Fsp3) is 0.381. The summed E-state index contributed by atoms with van der Waals surface area (Å²) in [6, 6.07) is 14.0. The largest absolute Gasteiger partial charge is 0.484 e. The first kappa shape index (κ1) is 19.3. The number of amides is 1. The Balaban J connectivity index is 1.59. The van der Waals surface area contributed by atoms with Crippen LogP contribution in [0.15, 0.2) is 48.5 Å². The fourth-order valence-corrected chi connectivity index (χ4v) is 3.16. The summed E-state index contributed by atoms with van der Waals surface area (Å²) in [7, 11) is 0. The Hall–Kier alpha value is -2.44. The molecule has 1 atom stereocenters. The minimum Gasteiger partial charge on any atom is -0.484 e. The average molecular weight is 372 g/mol. The number of hydrogen-bond donors (Lipinski definition) is 1. The summed E-state index contributed by atoms with van der Waals surface area (Å²) in [4.78, 5) is 14.5. The van der Waals surface area contributed by atoms with Gasteiger partial charge in [-0.1, -0.05) is 30.3 Å². The highest BCUT2D eigenvalue weighted by molar-refractivity contribution is 5.77. The molecule has 2 aromatic carbocycles. The van der Waals surface area contributed by atoms with E-state index in [-0.39, 0.29) is 24.4 Å². The molecule has 5 nitrogen and oxygen atoms in total. The monoisotopic (exact) mass is 372 g/mol. The van der Waals surface area contributed by atoms with Crippen LogP contribution in [0.5, 0.6) is 5.75 Å². The molecule has 3 rings (SSSR count). The molecule has 0 unspecified atom stereocenters. The van der Waals surface area contributed by atoms with Gasteiger partial charge in [0.2, 0.25) is 0 Å². The molecule has 1 amide bonds. The normalized spacial score (nSPS) is 15.9. The molecule has 0 saturated carbocycles. The third-order valence-electron chi connectivity index (χ3n) is 4.69. The van der Waals surface area contributed by atoms with Gasteiger partial charge in [-0.15, -0.1) is 0 Å². The summed E-state index contributed by atoms with van der Waals surface area (Å²) in [6.45, 7) is 5.20. The Morgan fingerprint density at radius 3 is 2.59 bits per heavy atom. The van der Waals surface area contributed by atoms with Crippen LogP contribution in [-0.4, -0.2) is 50.3 Å². The van der Waals surface area contributed by atoms with Crippen LogP contribution in [0.25, 0.3) is 0 Å². The highest BCUT2D eigenvalue weighted by atomic mass is 19.1. The summed E-state index contributed by atoms with van der Waals surface area (Å²) in [5.74, 6) is 0.254. The van der Waals surface area contributed by atoms with Crippen molar-refractivity contribution in [2.45, 2.75) is 13.0 Å². The van der Waals surface area contributed by atoms with Crippen LogP contribution < -0.4 is 10.1 Å². The number of para-hydroxylation sites is 1. The third-order valence-corrected chi connectivity index (χ3v) is 4.69. The Kier molecular flexibility index (Phi) is 6.79. The van der Waals surface area contributed by atoms with Gasteiger partial charge >= 0.3 is 0 Å². The number of rotatable bonds is 7. The van der Waals surface area contributed by atoms with Gasteiger partial charge in [0, 0.05) is 19.6 Å². The lowest BCUT2D eigenvalue weighted by atomic mass is 10.0. The quantitative estimate of drug-likeness (QED) is 0.812. The summed E-state index contributed by atoms with van der Waals surface area (Å²) < 4.78 is 24.3. The smallest absolute Gasteiger partial charge is 0.258 e. The van der Waals surface area contributed by atoms with Crippen LogP contribution in [0.2, 0.25) is 0 Å². The number of carbonyl (C=O) groups is 1. The fourth-order valence-electron chi connectivity index (χ4n) is 3.16. The molecule has 0 aliphatic carbocycles. The number of nitrogens with one attached hydrogen (secondary N) is 1. The van der Waals surface area contributed by atoms with Crippen LogP contribution in [0.4, 0.5) is 4.39 Å². The van der Waals surface area contributed by atoms with E-state index >= 15 is 0 Å². The molecule has 2 aromatic rings. The van der Waals surface area contributed by atoms with Crippen LogP contribution >= 0.6 is 0 Å². The van der Waals surface area contributed by atoms with Crippen molar-refractivity contribution in [3.63, 3.8) is 0 Å². The van der Waals surface area contributed by atoms with Gasteiger partial charge in [0.05, 0.1) is 19.3 Å². The Bertz CT molecular complexity index is 745. The molecule has 1 heterocycles. The van der Waals surface area contributed by atoms with Crippen molar-refractivity contribution in [3.05, 3.63) is 65.5 Å². The maximum absolute atomic E-state index is 13.3. The average Bonchev–Trinajstić information content (AvgIpc) is 2.69. The van der Waals surface area contributed by atoms with Crippen molar-refractivity contribution >= 4 is 5.91 Å². The van der Waals surface area contributed by atoms with Crippen LogP contribution in [0.3, 0.4) is 0 Å². The zero-order valence-corrected chi connectivity index (χ0v) is 15.5. The molecular weight excluding hydrogens is 347 g/mol. The molecule has 1 aliphatic heterocycles. The van der Waals surface area contributed by atoms with E-state index in [1.807, 2.05) is 31.2 Å². The van der Waals surface area contributed by atoms with Gasteiger partial charge in [0.1, 0.15) is 11.6 Å². The molecule has 1 fully saturated rings. The van der Waals surface area contributed by atoms with Crippen LogP contribution in [0.1, 0.15) is 17.2 Å². The second-order valence-corrected chi connectivity index (χ2v) is 6.57. The molecule has 1 N–H and O–H groups in total. The number of aryl methyl sites for hydroxylation is 1. The number of halogens is 1. The molecule has 1 saturated heterocycles. The van der Waals surface area contributed by atoms with Gasteiger partial charge in [0.25, 0.3) is 5.91 Å². The van der Waals surface area contributed by atoms with E-state index in [1.165, 1.54) is 12.1 Å². The lowest BCUT2D eigenvalue weighted by molar-refractivity contribution is -0.123. The van der Waals surface area contributed by atoms with Gasteiger partial charge in [-0.3, -0.25) is 9.69 Å². The predicted molar refractivity (Wildman–Crippen MR) is 101 cm³/mol. The maximum atomic E-state index is 13.3. The first-order valence-corrected chi connectivity index (χ1v) is 9.16. The predicted octanol–water partition coefficient (Wildman–Crippen LogP) is 2.70. The number of carbonyl (C=O) groups excluding carboxylic acids is 1. The van der Waals surface area contributed by atoms with E-state index in [2.05, 4.69) is 10.2 Å². The topological polar surface area (TPSA) is 50.8 Å². The Morgan fingerprint density at radius 1 is 1.19 bits per heavy atom. The van der Waals surface area contributed by atoms with E-state index in [1.54, 1.807) is 12.1 Å². The maximum Gasteiger partial charge on any atom is 0.258 e. The number of morpholine rings is 1. The molecule has 0 spiro atoms. The van der Waals surface area contributed by atoms with Crippen LogP contribution in [0, 0.1) is 12.7 Å². The molecule has 27 heavy (non-hydrogen) atoms. The van der Waals surface area contributed by atoms with Crippen molar-refractivity contribution in [1.29, 1.82) is 0 Å². The highest BCUT2D eigenvalue weighted by Crippen LogP contribution is 2.22. The third kappa shape index (κ3) is 5.52. The van der Waals surface area contributed by atoms with Gasteiger partial charge in [-0.2, -0.15) is 0 Å². The summed E-state index contributed by atoms with van der Waals surface area (Å²) >= 11 is 0. The molecule has 0 bridgehead atoms. The van der Waals surface area contributed by atoms with E-state index in [9.17, 15) is 9.18 Å². The summed E-state index contributed by atoms with van der Waals surface area (Å²) in [5.41, 5.74) is 1.96. The number of hydrogen-bond acceptors (Lipinski definition) is 4. The lowest BCUT2D eigenvalue weighted by Gasteiger charge is -2.35. The Morgan fingerprint density at radius 2 is 1.89 bits per heavy atom. The number of benzene rings is 2. The van der Waals surface area contributed by atoms with Crippen LogP contribution in [-0.2, 0) is 9.53 Å². The van der Waals surface area contributed by atoms with E-state index in [0.717, 1.165) is 24.2 Å². The minimum absolute atomic E-state index is 0.0306. The second-order valence-electron chi connectivity index (χ2n) is 6.57. The standard InChI is InChI=1S/C21H25FN2O3/c1-16-4-2-3-5-20(16)27-15-21(25)23-14-19(24-10-12-26-13-11-24)17-6-8-18(22)9-7-17/h2-9,19H,10-15H2,1H3,(H,23,25)/t19-/m0/s1. The number of nitrogens with zero attached hydrogens (tertiary/aromatic N) is 1. The summed E-state index contributed by atoms with van der Waals surface area (Å²) in [5, 5.41) is 2.94. The van der Waals surface area contributed by atoms with Gasteiger partial charge in [-0.05, 0) is 36.2 Å². The Labute approximate surface area is 159 Å². The first-order chi connectivity index (χ1) is 13.1. The van der Waals surface area contributed by atoms with Crippen molar-refractivity contribution in [2.24, 2.45) is 0 Å². The van der Waals surface area contributed by atoms with Crippen molar-refractivity contribution in [3.8, 4) is 5.75 Å². The van der Waals surface area contributed by atoms with E-state index < -0.39 is 0 Å². The van der Waals surface area contributed by atoms with E-state index in [4.69, 9.17) is 9.47 Å². The molecular formula is C21H25FN2O3. The molecule has 144 valence electrons. The van der Waals surface area contributed by atoms with Crippen molar-refractivity contribution in [2.75, 3.05) is 39.5 Å². The summed E-state index contributed by atoms with van der Waals surface area (Å²) in [6.07, 6.45) is 0. The number of ether oxygens (including phenoxy) is 2. The molecule has 6 heteroatoms. The van der Waals surface area contributed by atoms with E-state index in [0.29, 0.717) is 25.5 Å². The SMILES string of the molecule is Cc1ccccc1OCC(=O)NC[C@@H](c1ccc(F)cc1)N1CCOCC1. The van der Waals surface area contributed by atoms with Gasteiger partial charge in [0.15, 0.2) is 6.61 Å². The minimum atomic E-state index is -0.268. The zero-order valence-electron chi connectivity index (χ0n) is 15.5. The highest BCUT2D eigenvalue weighted by Gasteiger charge is 2.23. The van der Waals surface area contributed by atoms with Crippen molar-refractivity contribution in [1.82, 2.24) is 10.2 Å².